The molecular formula is C19H31N3O2. The minimum atomic E-state index is -0.519. The van der Waals surface area contributed by atoms with Crippen molar-refractivity contribution in [2.75, 3.05) is 18.5 Å². The lowest BCUT2D eigenvalue weighted by Gasteiger charge is -2.33. The van der Waals surface area contributed by atoms with Crippen LogP contribution in [0.1, 0.15) is 65.5 Å². The number of hydrogen-bond donors (Lipinski definition) is 0. The highest BCUT2D eigenvalue weighted by molar-refractivity contribution is 5.87. The van der Waals surface area contributed by atoms with Crippen molar-refractivity contribution < 1.29 is 9.53 Å². The second-order valence-electron chi connectivity index (χ2n) is 7.89. The lowest BCUT2D eigenvalue weighted by Crippen LogP contribution is -2.41. The third kappa shape index (κ3) is 4.69. The van der Waals surface area contributed by atoms with Gasteiger partial charge in [-0.3, -0.25) is 9.80 Å². The normalized spacial score (nSPS) is 19.4. The molecule has 0 saturated carbocycles. The van der Waals surface area contributed by atoms with Crippen molar-refractivity contribution in [3.8, 4) is 0 Å². The number of piperidine rings is 1. The smallest absolute Gasteiger partial charge is 0.416 e. The Balaban J connectivity index is 2.18. The molecule has 1 fully saturated rings. The van der Waals surface area contributed by atoms with Crippen molar-refractivity contribution >= 4 is 11.9 Å². The van der Waals surface area contributed by atoms with Gasteiger partial charge in [0, 0.05) is 18.3 Å². The van der Waals surface area contributed by atoms with E-state index in [1.807, 2.05) is 46.9 Å². The van der Waals surface area contributed by atoms with Crippen LogP contribution < -0.4 is 4.90 Å². The number of likely N-dealkylation sites (tertiary alicyclic amines) is 1. The molecule has 0 radical (unpaired) electrons. The molecule has 1 amide bonds. The second kappa shape index (κ2) is 7.51. The van der Waals surface area contributed by atoms with Crippen molar-refractivity contribution in [2.24, 2.45) is 0 Å². The Morgan fingerprint density at radius 1 is 1.33 bits per heavy atom. The van der Waals surface area contributed by atoms with E-state index in [-0.39, 0.29) is 12.1 Å². The number of nitrogens with zero attached hydrogens (tertiary/aromatic N) is 3. The number of aromatic nitrogens is 1. The number of ether oxygens (including phenoxy) is 1. The third-order valence-electron chi connectivity index (χ3n) is 4.28. The van der Waals surface area contributed by atoms with Crippen molar-refractivity contribution in [3.05, 3.63) is 23.9 Å². The largest absolute Gasteiger partial charge is 0.443 e. The van der Waals surface area contributed by atoms with Crippen LogP contribution in [0.15, 0.2) is 18.3 Å². The number of anilines is 1. The van der Waals surface area contributed by atoms with E-state index in [1.54, 1.807) is 4.90 Å². The molecule has 5 heteroatoms. The van der Waals surface area contributed by atoms with E-state index in [9.17, 15) is 4.79 Å². The van der Waals surface area contributed by atoms with Crippen LogP contribution in [0.5, 0.6) is 0 Å². The van der Waals surface area contributed by atoms with Gasteiger partial charge in [-0.05, 0) is 72.7 Å². The Morgan fingerprint density at radius 3 is 2.54 bits per heavy atom. The summed E-state index contributed by atoms with van der Waals surface area (Å²) in [4.78, 5) is 21.0. The lowest BCUT2D eigenvalue weighted by atomic mass is 9.97. The fourth-order valence-corrected chi connectivity index (χ4v) is 3.11. The summed E-state index contributed by atoms with van der Waals surface area (Å²) in [6.45, 7) is 10.7. The standard InChI is InChI=1S/C19H31N3O2/c1-14(2)22(18(23)24-19(3,4)5)17-11-10-15(13-20-17)16-9-7-8-12-21(16)6/h10-11,13-14,16H,7-9,12H2,1-6H3/t16-/m1/s1. The molecule has 0 unspecified atom stereocenters. The summed E-state index contributed by atoms with van der Waals surface area (Å²) in [5.74, 6) is 0.640. The van der Waals surface area contributed by atoms with E-state index in [0.29, 0.717) is 11.9 Å². The number of rotatable bonds is 3. The molecule has 0 spiro atoms. The van der Waals surface area contributed by atoms with Crippen molar-refractivity contribution in [2.45, 2.75) is 71.6 Å². The molecule has 1 aromatic rings. The molecule has 1 saturated heterocycles. The first kappa shape index (κ1) is 18.7. The molecule has 0 N–H and O–H groups in total. The van der Waals surface area contributed by atoms with Gasteiger partial charge in [-0.25, -0.2) is 9.78 Å². The van der Waals surface area contributed by atoms with Gasteiger partial charge in [0.15, 0.2) is 0 Å². The zero-order chi connectivity index (χ0) is 17.9. The molecule has 1 atom stereocenters. The average Bonchev–Trinajstić information content (AvgIpc) is 2.46. The SMILES string of the molecule is CC(C)N(C(=O)OC(C)(C)C)c1ccc([C@H]2CCCCN2C)cn1. The first-order valence-electron chi connectivity index (χ1n) is 8.87. The van der Waals surface area contributed by atoms with E-state index in [2.05, 4.69) is 23.0 Å². The molecule has 2 heterocycles. The van der Waals surface area contributed by atoms with Gasteiger partial charge < -0.3 is 4.74 Å². The molecule has 0 aromatic carbocycles. The minimum absolute atomic E-state index is 0.0180. The van der Waals surface area contributed by atoms with Crippen LogP contribution in [0.25, 0.3) is 0 Å². The van der Waals surface area contributed by atoms with Crippen LogP contribution in [0.3, 0.4) is 0 Å². The Labute approximate surface area is 146 Å². The fourth-order valence-electron chi connectivity index (χ4n) is 3.11. The van der Waals surface area contributed by atoms with Crippen LogP contribution >= 0.6 is 0 Å². The predicted octanol–water partition coefficient (Wildman–Crippen LogP) is 4.39. The zero-order valence-electron chi connectivity index (χ0n) is 15.9. The highest BCUT2D eigenvalue weighted by Crippen LogP contribution is 2.30. The van der Waals surface area contributed by atoms with Gasteiger partial charge in [-0.15, -0.1) is 0 Å². The zero-order valence-corrected chi connectivity index (χ0v) is 15.9. The number of carbonyl (C=O) groups excluding carboxylic acids is 1. The maximum absolute atomic E-state index is 12.5. The average molecular weight is 333 g/mol. The molecular weight excluding hydrogens is 302 g/mol. The molecule has 0 aliphatic carbocycles. The van der Waals surface area contributed by atoms with Crippen molar-refractivity contribution in [3.63, 3.8) is 0 Å². The molecule has 134 valence electrons. The molecule has 1 aromatic heterocycles. The Bertz CT molecular complexity index is 549. The van der Waals surface area contributed by atoms with E-state index in [0.717, 1.165) is 13.0 Å². The van der Waals surface area contributed by atoms with E-state index >= 15 is 0 Å². The summed E-state index contributed by atoms with van der Waals surface area (Å²) in [6.07, 6.45) is 5.23. The van der Waals surface area contributed by atoms with Crippen LogP contribution in [0, 0.1) is 0 Å². The van der Waals surface area contributed by atoms with Gasteiger partial charge in [-0.1, -0.05) is 12.5 Å². The van der Waals surface area contributed by atoms with Crippen LogP contribution in [-0.4, -0.2) is 41.2 Å². The first-order chi connectivity index (χ1) is 11.2. The second-order valence-corrected chi connectivity index (χ2v) is 7.89. The van der Waals surface area contributed by atoms with Crippen LogP contribution in [-0.2, 0) is 4.74 Å². The minimum Gasteiger partial charge on any atom is -0.443 e. The molecule has 5 nitrogen and oxygen atoms in total. The number of hydrogen-bond acceptors (Lipinski definition) is 4. The summed E-state index contributed by atoms with van der Waals surface area (Å²) in [5, 5.41) is 0. The Morgan fingerprint density at radius 2 is 2.04 bits per heavy atom. The lowest BCUT2D eigenvalue weighted by molar-refractivity contribution is 0.0569. The molecule has 0 bridgehead atoms. The number of amides is 1. The molecule has 2 rings (SSSR count). The van der Waals surface area contributed by atoms with Crippen molar-refractivity contribution in [1.29, 1.82) is 0 Å². The van der Waals surface area contributed by atoms with Gasteiger partial charge in [0.1, 0.15) is 11.4 Å². The quantitative estimate of drug-likeness (QED) is 0.823. The molecule has 24 heavy (non-hydrogen) atoms. The summed E-state index contributed by atoms with van der Waals surface area (Å²) in [5.41, 5.74) is 0.698. The Hall–Kier alpha value is -1.62. The fraction of sp³-hybridized carbons (Fsp3) is 0.684. The van der Waals surface area contributed by atoms with Gasteiger partial charge >= 0.3 is 6.09 Å². The summed E-state index contributed by atoms with van der Waals surface area (Å²) >= 11 is 0. The van der Waals surface area contributed by atoms with E-state index in [1.165, 1.54) is 18.4 Å². The third-order valence-corrected chi connectivity index (χ3v) is 4.28. The topological polar surface area (TPSA) is 45.7 Å². The van der Waals surface area contributed by atoms with Crippen LogP contribution in [0.2, 0.25) is 0 Å². The maximum Gasteiger partial charge on any atom is 0.416 e. The van der Waals surface area contributed by atoms with E-state index in [4.69, 9.17) is 4.74 Å². The molecule has 1 aliphatic rings. The summed E-state index contributed by atoms with van der Waals surface area (Å²) in [7, 11) is 2.17. The predicted molar refractivity (Wildman–Crippen MR) is 97.3 cm³/mol. The first-order valence-corrected chi connectivity index (χ1v) is 8.87. The Kier molecular flexibility index (Phi) is 5.86. The van der Waals surface area contributed by atoms with Gasteiger partial charge in [0.25, 0.3) is 0 Å². The number of pyridine rings is 1. The summed E-state index contributed by atoms with van der Waals surface area (Å²) < 4.78 is 5.52. The van der Waals surface area contributed by atoms with Crippen molar-refractivity contribution in [1.82, 2.24) is 9.88 Å². The molecule has 1 aliphatic heterocycles. The van der Waals surface area contributed by atoms with Gasteiger partial charge in [0.2, 0.25) is 0 Å². The highest BCUT2D eigenvalue weighted by Gasteiger charge is 2.27. The van der Waals surface area contributed by atoms with Gasteiger partial charge in [-0.2, -0.15) is 0 Å². The van der Waals surface area contributed by atoms with E-state index < -0.39 is 5.60 Å². The highest BCUT2D eigenvalue weighted by atomic mass is 16.6. The van der Waals surface area contributed by atoms with Crippen LogP contribution in [0.4, 0.5) is 10.6 Å². The monoisotopic (exact) mass is 333 g/mol. The number of carbonyl (C=O) groups is 1. The maximum atomic E-state index is 12.5. The van der Waals surface area contributed by atoms with Gasteiger partial charge in [0.05, 0.1) is 0 Å². The summed E-state index contributed by atoms with van der Waals surface area (Å²) in [6, 6.07) is 4.43.